The first-order valence-corrected chi connectivity index (χ1v) is 10.9. The Kier molecular flexibility index (Phi) is 4.56. The maximum Gasteiger partial charge on any atom is 0.241 e. The van der Waals surface area contributed by atoms with Gasteiger partial charge >= 0.3 is 0 Å². The first kappa shape index (κ1) is 18.2. The van der Waals surface area contributed by atoms with Crippen molar-refractivity contribution < 1.29 is 13.2 Å². The van der Waals surface area contributed by atoms with Crippen LogP contribution < -0.4 is 9.62 Å². The van der Waals surface area contributed by atoms with Gasteiger partial charge in [-0.05, 0) is 62.4 Å². The van der Waals surface area contributed by atoms with E-state index in [9.17, 15) is 13.2 Å². The summed E-state index contributed by atoms with van der Waals surface area (Å²) in [5.41, 5.74) is 2.69. The van der Waals surface area contributed by atoms with Crippen molar-refractivity contribution in [2.24, 2.45) is 5.92 Å². The summed E-state index contributed by atoms with van der Waals surface area (Å²) in [6, 6.07) is 14.3. The average molecular weight is 385 g/mol. The Hall–Kier alpha value is -2.18. The molecule has 0 aromatic heterocycles. The van der Waals surface area contributed by atoms with Crippen molar-refractivity contribution in [2.75, 3.05) is 4.90 Å². The molecule has 1 fully saturated rings. The van der Waals surface area contributed by atoms with Crippen LogP contribution >= 0.6 is 0 Å². The third-order valence-electron chi connectivity index (χ3n) is 5.37. The molecule has 2 aliphatic rings. The van der Waals surface area contributed by atoms with Crippen LogP contribution in [0.15, 0.2) is 53.4 Å². The molecule has 27 heavy (non-hydrogen) atoms. The number of sulfonamides is 1. The molecule has 0 radical (unpaired) electrons. The van der Waals surface area contributed by atoms with Gasteiger partial charge in [0.2, 0.25) is 15.9 Å². The summed E-state index contributed by atoms with van der Waals surface area (Å²) >= 11 is 0. The molecule has 2 atom stereocenters. The van der Waals surface area contributed by atoms with Gasteiger partial charge in [-0.3, -0.25) is 4.79 Å². The number of anilines is 1. The molecule has 1 amide bonds. The molecular formula is C21H24N2O3S. The molecule has 0 saturated heterocycles. The molecule has 6 heteroatoms. The fourth-order valence-electron chi connectivity index (χ4n) is 3.75. The maximum absolute atomic E-state index is 12.8. The average Bonchev–Trinajstić information content (AvgIpc) is 3.43. The maximum atomic E-state index is 12.8. The summed E-state index contributed by atoms with van der Waals surface area (Å²) in [5.74, 6) is 0.322. The lowest BCUT2D eigenvalue weighted by molar-refractivity contribution is -0.120. The zero-order valence-electron chi connectivity index (χ0n) is 15.6. The highest BCUT2D eigenvalue weighted by Gasteiger charge is 2.39. The number of fused-ring (bicyclic) bond motifs is 1. The monoisotopic (exact) mass is 384 g/mol. The topological polar surface area (TPSA) is 66.5 Å². The van der Waals surface area contributed by atoms with Crippen LogP contribution in [0.4, 0.5) is 5.69 Å². The molecule has 1 aliphatic heterocycles. The highest BCUT2D eigenvalue weighted by atomic mass is 32.2. The van der Waals surface area contributed by atoms with E-state index in [0.29, 0.717) is 6.42 Å². The van der Waals surface area contributed by atoms with Crippen molar-refractivity contribution in [2.45, 2.75) is 50.1 Å². The normalized spacial score (nSPS) is 20.4. The van der Waals surface area contributed by atoms with Crippen molar-refractivity contribution in [1.82, 2.24) is 4.72 Å². The highest BCUT2D eigenvalue weighted by Crippen LogP contribution is 2.39. The number of carbonyl (C=O) groups excluding carboxylic acids is 1. The second-order valence-electron chi connectivity index (χ2n) is 7.58. The van der Waals surface area contributed by atoms with Gasteiger partial charge in [-0.15, -0.1) is 0 Å². The third-order valence-corrected chi connectivity index (χ3v) is 6.91. The minimum atomic E-state index is -3.64. The number of nitrogens with zero attached hydrogens (tertiary/aromatic N) is 1. The Morgan fingerprint density at radius 1 is 1.15 bits per heavy atom. The largest absolute Gasteiger partial charge is 0.309 e. The van der Waals surface area contributed by atoms with Crippen molar-refractivity contribution >= 4 is 21.6 Å². The summed E-state index contributed by atoms with van der Waals surface area (Å²) in [4.78, 5) is 14.7. The number of nitrogens with one attached hydrogen (secondary N) is 1. The van der Waals surface area contributed by atoms with Crippen LogP contribution in [0.1, 0.15) is 43.9 Å². The second kappa shape index (κ2) is 6.77. The first-order valence-electron chi connectivity index (χ1n) is 9.40. The van der Waals surface area contributed by atoms with Gasteiger partial charge in [0.15, 0.2) is 0 Å². The van der Waals surface area contributed by atoms with E-state index < -0.39 is 10.0 Å². The molecule has 0 bridgehead atoms. The quantitative estimate of drug-likeness (QED) is 0.859. The third kappa shape index (κ3) is 3.51. The van der Waals surface area contributed by atoms with Crippen LogP contribution in [0.25, 0.3) is 0 Å². The summed E-state index contributed by atoms with van der Waals surface area (Å²) < 4.78 is 28.4. The molecule has 0 unspecified atom stereocenters. The zero-order chi connectivity index (χ0) is 19.2. The van der Waals surface area contributed by atoms with Gasteiger partial charge in [-0.1, -0.05) is 30.3 Å². The number of benzene rings is 2. The molecule has 5 nitrogen and oxygen atoms in total. The summed E-state index contributed by atoms with van der Waals surface area (Å²) in [6.07, 6.45) is 2.61. The minimum Gasteiger partial charge on any atom is -0.309 e. The first-order chi connectivity index (χ1) is 12.9. The summed E-state index contributed by atoms with van der Waals surface area (Å²) in [5, 5.41) is 0. The molecule has 1 saturated carbocycles. The van der Waals surface area contributed by atoms with Gasteiger partial charge in [0.1, 0.15) is 0 Å². The highest BCUT2D eigenvalue weighted by molar-refractivity contribution is 7.89. The second-order valence-corrected chi connectivity index (χ2v) is 9.29. The van der Waals surface area contributed by atoms with E-state index in [2.05, 4.69) is 4.72 Å². The van der Waals surface area contributed by atoms with Crippen molar-refractivity contribution in [3.05, 3.63) is 59.7 Å². The fourth-order valence-corrected chi connectivity index (χ4v) is 5.03. The Balaban J connectivity index is 1.58. The number of hydrogen-bond donors (Lipinski definition) is 1. The predicted octanol–water partition coefficient (Wildman–Crippen LogP) is 3.41. The van der Waals surface area contributed by atoms with E-state index in [4.69, 9.17) is 0 Å². The van der Waals surface area contributed by atoms with E-state index in [1.807, 2.05) is 49.1 Å². The van der Waals surface area contributed by atoms with Crippen LogP contribution in [0.2, 0.25) is 0 Å². The van der Waals surface area contributed by atoms with Crippen LogP contribution in [0, 0.1) is 5.92 Å². The van der Waals surface area contributed by atoms with Gasteiger partial charge in [-0.25, -0.2) is 13.1 Å². The zero-order valence-corrected chi connectivity index (χ0v) is 16.4. The standard InChI is InChI=1S/C21H24N2O3S/c1-14-12-18-13-19(10-11-20(18)23(14)21(24)17-8-9-17)27(25,26)22-15(2)16-6-4-3-5-7-16/h3-7,10-11,13-15,17,22H,8-9,12H2,1-2H3/t14-,15+/m0/s1. The van der Waals surface area contributed by atoms with Crippen molar-refractivity contribution in [1.29, 1.82) is 0 Å². The minimum absolute atomic E-state index is 0.0715. The molecule has 2 aromatic rings. The smallest absolute Gasteiger partial charge is 0.241 e. The Labute approximate surface area is 160 Å². The van der Waals surface area contributed by atoms with E-state index in [1.165, 1.54) is 0 Å². The Morgan fingerprint density at radius 3 is 2.52 bits per heavy atom. The molecule has 1 N–H and O–H groups in total. The molecular weight excluding hydrogens is 360 g/mol. The van der Waals surface area contributed by atoms with E-state index in [1.54, 1.807) is 18.2 Å². The molecule has 4 rings (SSSR count). The van der Waals surface area contributed by atoms with Gasteiger partial charge in [0, 0.05) is 23.7 Å². The van der Waals surface area contributed by atoms with Crippen molar-refractivity contribution in [3.63, 3.8) is 0 Å². The number of hydrogen-bond acceptors (Lipinski definition) is 3. The van der Waals surface area contributed by atoms with Crippen molar-refractivity contribution in [3.8, 4) is 0 Å². The van der Waals surface area contributed by atoms with Gasteiger partial charge in [0.05, 0.1) is 4.90 Å². The number of amides is 1. The van der Waals surface area contributed by atoms with E-state index in [-0.39, 0.29) is 28.8 Å². The lowest BCUT2D eigenvalue weighted by atomic mass is 10.1. The van der Waals surface area contributed by atoms with Crippen LogP contribution in [0.3, 0.4) is 0 Å². The van der Waals surface area contributed by atoms with Crippen LogP contribution in [-0.2, 0) is 21.2 Å². The molecule has 1 heterocycles. The lowest BCUT2D eigenvalue weighted by Crippen LogP contribution is -2.36. The molecule has 1 aliphatic carbocycles. The fraction of sp³-hybridized carbons (Fsp3) is 0.381. The Bertz CT molecular complexity index is 968. The molecule has 0 spiro atoms. The summed E-state index contributed by atoms with van der Waals surface area (Å²) in [6.45, 7) is 3.85. The molecule has 2 aromatic carbocycles. The predicted molar refractivity (Wildman–Crippen MR) is 105 cm³/mol. The lowest BCUT2D eigenvalue weighted by Gasteiger charge is -2.22. The van der Waals surface area contributed by atoms with Crippen LogP contribution in [-0.4, -0.2) is 20.4 Å². The molecule has 142 valence electrons. The van der Waals surface area contributed by atoms with Gasteiger partial charge < -0.3 is 4.90 Å². The van der Waals surface area contributed by atoms with Crippen LogP contribution in [0.5, 0.6) is 0 Å². The van der Waals surface area contributed by atoms with E-state index >= 15 is 0 Å². The van der Waals surface area contributed by atoms with Gasteiger partial charge in [-0.2, -0.15) is 0 Å². The Morgan fingerprint density at radius 2 is 1.85 bits per heavy atom. The number of rotatable bonds is 5. The number of carbonyl (C=O) groups is 1. The van der Waals surface area contributed by atoms with E-state index in [0.717, 1.165) is 29.7 Å². The van der Waals surface area contributed by atoms with Gasteiger partial charge in [0.25, 0.3) is 0 Å². The SMILES string of the molecule is C[C@@H](NS(=O)(=O)c1ccc2c(c1)C[C@H](C)N2C(=O)C1CC1)c1ccccc1. The summed E-state index contributed by atoms with van der Waals surface area (Å²) in [7, 11) is -3.64.